The van der Waals surface area contributed by atoms with Crippen LogP contribution in [0.4, 0.5) is 0 Å². The fourth-order valence-electron chi connectivity index (χ4n) is 1.35. The Bertz CT molecular complexity index is 332. The minimum Gasteiger partial charge on any atom is -0.392 e. The Kier molecular flexibility index (Phi) is 4.23. The van der Waals surface area contributed by atoms with Crippen LogP contribution in [0.15, 0.2) is 12.3 Å². The van der Waals surface area contributed by atoms with Crippen molar-refractivity contribution in [2.45, 2.75) is 26.4 Å². The van der Waals surface area contributed by atoms with Crippen LogP contribution in [0, 0.1) is 0 Å². The van der Waals surface area contributed by atoms with E-state index in [2.05, 4.69) is 23.8 Å². The molecule has 1 rings (SSSR count). The number of nitrogens with zero attached hydrogens (tertiary/aromatic N) is 3. The first-order valence-electron chi connectivity index (χ1n) is 5.00. The van der Waals surface area contributed by atoms with Crippen LogP contribution in [-0.2, 0) is 6.54 Å². The minimum atomic E-state index is 0.402. The van der Waals surface area contributed by atoms with Crippen molar-refractivity contribution in [2.24, 2.45) is 5.73 Å². The molecule has 5 heteroatoms. The van der Waals surface area contributed by atoms with Crippen molar-refractivity contribution in [3.05, 3.63) is 18.0 Å². The van der Waals surface area contributed by atoms with Crippen LogP contribution >= 0.6 is 12.2 Å². The third-order valence-corrected chi connectivity index (χ3v) is 2.18. The van der Waals surface area contributed by atoms with E-state index in [-0.39, 0.29) is 0 Å². The molecule has 1 heterocycles. The van der Waals surface area contributed by atoms with Crippen molar-refractivity contribution in [1.82, 2.24) is 14.7 Å². The molecule has 0 aliphatic rings. The van der Waals surface area contributed by atoms with Gasteiger partial charge in [-0.15, -0.1) is 0 Å². The van der Waals surface area contributed by atoms with Gasteiger partial charge < -0.3 is 5.73 Å². The molecule has 0 spiro atoms. The summed E-state index contributed by atoms with van der Waals surface area (Å²) in [6.45, 7) is 5.62. The van der Waals surface area contributed by atoms with Gasteiger partial charge in [-0.25, -0.2) is 0 Å². The fraction of sp³-hybridized carbons (Fsp3) is 0.600. The molecule has 0 saturated carbocycles. The van der Waals surface area contributed by atoms with Crippen LogP contribution in [0.25, 0.3) is 0 Å². The van der Waals surface area contributed by atoms with E-state index < -0.39 is 0 Å². The predicted octanol–water partition coefficient (Wildman–Crippen LogP) is 1.18. The molecule has 0 aromatic carbocycles. The largest absolute Gasteiger partial charge is 0.392 e. The van der Waals surface area contributed by atoms with Crippen LogP contribution in [-0.4, -0.2) is 33.3 Å². The highest BCUT2D eigenvalue weighted by Gasteiger charge is 2.05. The molecule has 0 saturated heterocycles. The SMILES string of the molecule is CC(C)n1ccc(CN(C)CC(N)=S)n1. The van der Waals surface area contributed by atoms with Crippen molar-refractivity contribution >= 4 is 17.2 Å². The topological polar surface area (TPSA) is 47.1 Å². The number of hydrogen-bond donors (Lipinski definition) is 1. The number of rotatable bonds is 5. The van der Waals surface area contributed by atoms with E-state index in [1.165, 1.54) is 0 Å². The van der Waals surface area contributed by atoms with E-state index in [9.17, 15) is 0 Å². The van der Waals surface area contributed by atoms with E-state index in [0.717, 1.165) is 12.2 Å². The van der Waals surface area contributed by atoms with E-state index in [1.54, 1.807) is 0 Å². The Morgan fingerprint density at radius 2 is 2.33 bits per heavy atom. The van der Waals surface area contributed by atoms with Crippen molar-refractivity contribution in [2.75, 3.05) is 13.6 Å². The number of hydrogen-bond acceptors (Lipinski definition) is 3. The van der Waals surface area contributed by atoms with Gasteiger partial charge in [-0.3, -0.25) is 9.58 Å². The molecule has 0 amide bonds. The lowest BCUT2D eigenvalue weighted by molar-refractivity contribution is 0.365. The summed E-state index contributed by atoms with van der Waals surface area (Å²) in [6.07, 6.45) is 1.99. The van der Waals surface area contributed by atoms with Crippen molar-refractivity contribution in [3.63, 3.8) is 0 Å². The molecule has 0 unspecified atom stereocenters. The third-order valence-electron chi connectivity index (χ3n) is 2.05. The highest BCUT2D eigenvalue weighted by atomic mass is 32.1. The van der Waals surface area contributed by atoms with Crippen molar-refractivity contribution < 1.29 is 0 Å². The minimum absolute atomic E-state index is 0.402. The average molecular weight is 226 g/mol. The average Bonchev–Trinajstić information content (AvgIpc) is 2.50. The summed E-state index contributed by atoms with van der Waals surface area (Å²) in [4.78, 5) is 2.57. The van der Waals surface area contributed by atoms with Gasteiger partial charge in [0.15, 0.2) is 0 Å². The summed E-state index contributed by atoms with van der Waals surface area (Å²) in [6, 6.07) is 2.43. The lowest BCUT2D eigenvalue weighted by atomic mass is 10.4. The highest BCUT2D eigenvalue weighted by molar-refractivity contribution is 7.80. The number of thiocarbonyl (C=S) groups is 1. The molecule has 0 aliphatic carbocycles. The molecule has 1 aromatic heterocycles. The Hall–Kier alpha value is -0.940. The van der Waals surface area contributed by atoms with Gasteiger partial charge >= 0.3 is 0 Å². The van der Waals surface area contributed by atoms with Gasteiger partial charge in [-0.05, 0) is 27.0 Å². The fourth-order valence-corrected chi connectivity index (χ4v) is 1.57. The van der Waals surface area contributed by atoms with Gasteiger partial charge in [0.05, 0.1) is 10.7 Å². The molecule has 0 fully saturated rings. The lowest BCUT2D eigenvalue weighted by Crippen LogP contribution is -2.29. The van der Waals surface area contributed by atoms with Gasteiger partial charge in [0.25, 0.3) is 0 Å². The molecule has 1 aromatic rings. The maximum Gasteiger partial charge on any atom is 0.0870 e. The Labute approximate surface area is 96.1 Å². The standard InChI is InChI=1S/C10H18N4S/c1-8(2)14-5-4-9(12-14)6-13(3)7-10(11)15/h4-5,8H,6-7H2,1-3H3,(H2,11,15). The summed E-state index contributed by atoms with van der Waals surface area (Å²) >= 11 is 4.85. The molecule has 0 radical (unpaired) electrons. The smallest absolute Gasteiger partial charge is 0.0870 e. The number of nitrogens with two attached hydrogens (primary N) is 1. The maximum atomic E-state index is 5.46. The first kappa shape index (κ1) is 12.1. The normalized spacial score (nSPS) is 11.3. The first-order valence-corrected chi connectivity index (χ1v) is 5.40. The molecule has 4 nitrogen and oxygen atoms in total. The highest BCUT2D eigenvalue weighted by Crippen LogP contribution is 2.05. The van der Waals surface area contributed by atoms with Gasteiger partial charge in [-0.1, -0.05) is 12.2 Å². The molecule has 0 bridgehead atoms. The van der Waals surface area contributed by atoms with E-state index in [1.807, 2.05) is 24.0 Å². The molecular formula is C10H18N4S. The number of likely N-dealkylation sites (N-methyl/N-ethyl adjacent to an activating group) is 1. The second-order valence-electron chi connectivity index (χ2n) is 4.02. The second-order valence-corrected chi connectivity index (χ2v) is 4.54. The van der Waals surface area contributed by atoms with E-state index >= 15 is 0 Å². The zero-order chi connectivity index (χ0) is 11.4. The van der Waals surface area contributed by atoms with Crippen molar-refractivity contribution in [1.29, 1.82) is 0 Å². The lowest BCUT2D eigenvalue weighted by Gasteiger charge is -2.13. The van der Waals surface area contributed by atoms with Gasteiger partial charge in [0, 0.05) is 25.3 Å². The number of aromatic nitrogens is 2. The summed E-state index contributed by atoms with van der Waals surface area (Å²) < 4.78 is 1.95. The molecule has 0 aliphatic heterocycles. The van der Waals surface area contributed by atoms with Crippen LogP contribution < -0.4 is 5.73 Å². The second kappa shape index (κ2) is 5.23. The third kappa shape index (κ3) is 3.97. The summed E-state index contributed by atoms with van der Waals surface area (Å²) in [7, 11) is 1.98. The first-order chi connectivity index (χ1) is 6.99. The van der Waals surface area contributed by atoms with Crippen LogP contribution in [0.3, 0.4) is 0 Å². The van der Waals surface area contributed by atoms with Crippen LogP contribution in [0.1, 0.15) is 25.6 Å². The van der Waals surface area contributed by atoms with E-state index in [0.29, 0.717) is 17.6 Å². The Balaban J connectivity index is 2.53. The monoisotopic (exact) mass is 226 g/mol. The molecule has 84 valence electrons. The summed E-state index contributed by atoms with van der Waals surface area (Å²) in [5.74, 6) is 0. The van der Waals surface area contributed by atoms with Crippen LogP contribution in [0.5, 0.6) is 0 Å². The van der Waals surface area contributed by atoms with E-state index in [4.69, 9.17) is 18.0 Å². The van der Waals surface area contributed by atoms with Crippen LogP contribution in [0.2, 0.25) is 0 Å². The van der Waals surface area contributed by atoms with Gasteiger partial charge in [0.2, 0.25) is 0 Å². The zero-order valence-corrected chi connectivity index (χ0v) is 10.3. The van der Waals surface area contributed by atoms with Gasteiger partial charge in [0.1, 0.15) is 0 Å². The predicted molar refractivity (Wildman–Crippen MR) is 65.7 cm³/mol. The molecular weight excluding hydrogens is 208 g/mol. The molecule has 15 heavy (non-hydrogen) atoms. The quantitative estimate of drug-likeness (QED) is 0.766. The molecule has 0 atom stereocenters. The summed E-state index contributed by atoms with van der Waals surface area (Å²) in [5.41, 5.74) is 6.51. The Morgan fingerprint density at radius 3 is 2.80 bits per heavy atom. The van der Waals surface area contributed by atoms with Gasteiger partial charge in [-0.2, -0.15) is 5.10 Å². The zero-order valence-electron chi connectivity index (χ0n) is 9.47. The Morgan fingerprint density at radius 1 is 1.67 bits per heavy atom. The molecule has 2 N–H and O–H groups in total. The van der Waals surface area contributed by atoms with Crippen molar-refractivity contribution in [3.8, 4) is 0 Å². The maximum absolute atomic E-state index is 5.46. The summed E-state index contributed by atoms with van der Waals surface area (Å²) in [5, 5.41) is 4.45.